The first-order chi connectivity index (χ1) is 13.1. The van der Waals surface area contributed by atoms with E-state index in [9.17, 15) is 9.59 Å². The number of carbonyl (C=O) groups is 2. The lowest BCUT2D eigenvalue weighted by atomic mass is 9.93. The normalized spacial score (nSPS) is 24.6. The van der Waals surface area contributed by atoms with Gasteiger partial charge in [0.15, 0.2) is 0 Å². The predicted octanol–water partition coefficient (Wildman–Crippen LogP) is 2.59. The fourth-order valence-corrected chi connectivity index (χ4v) is 4.41. The molecule has 0 aromatic heterocycles. The number of likely N-dealkylation sites (tertiary alicyclic amines) is 2. The Morgan fingerprint density at radius 3 is 2.33 bits per heavy atom. The molecule has 27 heavy (non-hydrogen) atoms. The molecule has 2 aliphatic heterocycles. The minimum atomic E-state index is 0.145. The first-order valence-corrected chi connectivity index (χ1v) is 10.5. The van der Waals surface area contributed by atoms with Crippen LogP contribution in [0.15, 0.2) is 24.3 Å². The van der Waals surface area contributed by atoms with Gasteiger partial charge in [0.25, 0.3) is 5.91 Å². The smallest absolute Gasteiger partial charge is 0.253 e. The summed E-state index contributed by atoms with van der Waals surface area (Å²) >= 11 is 0. The molecule has 1 saturated carbocycles. The van der Waals surface area contributed by atoms with Gasteiger partial charge in [-0.05, 0) is 64.1 Å². The number of benzene rings is 1. The number of piperidine rings is 2. The molecule has 146 valence electrons. The largest absolute Gasteiger partial charge is 0.353 e. The Balaban J connectivity index is 1.28. The van der Waals surface area contributed by atoms with Crippen LogP contribution in [0, 0.1) is 12.8 Å². The molecule has 1 N–H and O–H groups in total. The second-order valence-corrected chi connectivity index (χ2v) is 8.51. The molecule has 2 saturated heterocycles. The predicted molar refractivity (Wildman–Crippen MR) is 106 cm³/mol. The average Bonchev–Trinajstić information content (AvgIpc) is 3.52. The van der Waals surface area contributed by atoms with Gasteiger partial charge >= 0.3 is 0 Å². The molecule has 1 aromatic carbocycles. The van der Waals surface area contributed by atoms with Gasteiger partial charge in [0.1, 0.15) is 0 Å². The number of hydrogen-bond donors (Lipinski definition) is 1. The first-order valence-electron chi connectivity index (χ1n) is 10.5. The van der Waals surface area contributed by atoms with E-state index >= 15 is 0 Å². The highest BCUT2D eigenvalue weighted by Crippen LogP contribution is 2.26. The third-order valence-corrected chi connectivity index (χ3v) is 6.31. The van der Waals surface area contributed by atoms with Crippen molar-refractivity contribution in [2.24, 2.45) is 5.92 Å². The summed E-state index contributed by atoms with van der Waals surface area (Å²) in [6.07, 6.45) is 6.43. The van der Waals surface area contributed by atoms with E-state index in [1.165, 1.54) is 5.56 Å². The topological polar surface area (TPSA) is 52.7 Å². The van der Waals surface area contributed by atoms with Crippen molar-refractivity contribution in [1.29, 1.82) is 0 Å². The molecular formula is C22H31N3O2. The molecule has 2 amide bonds. The molecule has 1 aromatic rings. The van der Waals surface area contributed by atoms with E-state index in [1.54, 1.807) is 0 Å². The highest BCUT2D eigenvalue weighted by molar-refractivity contribution is 5.94. The van der Waals surface area contributed by atoms with Crippen LogP contribution in [0.3, 0.4) is 0 Å². The Morgan fingerprint density at radius 1 is 0.963 bits per heavy atom. The van der Waals surface area contributed by atoms with Gasteiger partial charge in [-0.2, -0.15) is 0 Å². The van der Waals surface area contributed by atoms with Crippen LogP contribution in [0.2, 0.25) is 0 Å². The van der Waals surface area contributed by atoms with Gasteiger partial charge < -0.3 is 10.2 Å². The summed E-state index contributed by atoms with van der Waals surface area (Å²) in [5.41, 5.74) is 1.96. The first kappa shape index (κ1) is 18.5. The van der Waals surface area contributed by atoms with E-state index < -0.39 is 0 Å². The van der Waals surface area contributed by atoms with Crippen LogP contribution < -0.4 is 5.32 Å². The summed E-state index contributed by atoms with van der Waals surface area (Å²) in [6, 6.07) is 8.81. The maximum Gasteiger partial charge on any atom is 0.253 e. The third kappa shape index (κ3) is 4.52. The lowest BCUT2D eigenvalue weighted by Crippen LogP contribution is -2.51. The van der Waals surface area contributed by atoms with Crippen molar-refractivity contribution in [1.82, 2.24) is 15.1 Å². The van der Waals surface area contributed by atoms with Crippen LogP contribution in [0.4, 0.5) is 0 Å². The van der Waals surface area contributed by atoms with Crippen LogP contribution in [-0.2, 0) is 4.79 Å². The van der Waals surface area contributed by atoms with Crippen molar-refractivity contribution in [2.45, 2.75) is 57.5 Å². The van der Waals surface area contributed by atoms with E-state index in [4.69, 9.17) is 0 Å². The summed E-state index contributed by atoms with van der Waals surface area (Å²) in [6.45, 7) is 5.63. The standard InChI is InChI=1S/C22H31N3O2/c1-16-4-6-17(7-5-16)22(27)24-13-10-20(11-14-24)25-12-2-3-18(15-25)21(26)23-19-8-9-19/h4-7,18-20H,2-3,8-15H2,1H3,(H,23,26). The Morgan fingerprint density at radius 2 is 1.67 bits per heavy atom. The Hall–Kier alpha value is -1.88. The van der Waals surface area contributed by atoms with Gasteiger partial charge in [-0.1, -0.05) is 17.7 Å². The van der Waals surface area contributed by atoms with Crippen LogP contribution in [0.5, 0.6) is 0 Å². The van der Waals surface area contributed by atoms with Crippen molar-refractivity contribution in [2.75, 3.05) is 26.2 Å². The number of nitrogens with one attached hydrogen (secondary N) is 1. The quantitative estimate of drug-likeness (QED) is 0.888. The third-order valence-electron chi connectivity index (χ3n) is 6.31. The van der Waals surface area contributed by atoms with Crippen molar-refractivity contribution in [3.63, 3.8) is 0 Å². The fourth-order valence-electron chi connectivity index (χ4n) is 4.41. The molecule has 5 heteroatoms. The molecule has 3 aliphatic rings. The van der Waals surface area contributed by atoms with E-state index in [0.29, 0.717) is 12.1 Å². The molecule has 2 heterocycles. The highest BCUT2D eigenvalue weighted by Gasteiger charge is 2.34. The Labute approximate surface area is 162 Å². The van der Waals surface area contributed by atoms with Crippen LogP contribution >= 0.6 is 0 Å². The summed E-state index contributed by atoms with van der Waals surface area (Å²) in [4.78, 5) is 29.6. The number of amides is 2. The van der Waals surface area contributed by atoms with E-state index in [-0.39, 0.29) is 17.7 Å². The molecule has 1 unspecified atom stereocenters. The van der Waals surface area contributed by atoms with Crippen molar-refractivity contribution < 1.29 is 9.59 Å². The monoisotopic (exact) mass is 369 g/mol. The summed E-state index contributed by atoms with van der Waals surface area (Å²) < 4.78 is 0. The zero-order valence-corrected chi connectivity index (χ0v) is 16.3. The minimum Gasteiger partial charge on any atom is -0.353 e. The second kappa shape index (κ2) is 8.01. The van der Waals surface area contributed by atoms with E-state index in [0.717, 1.165) is 70.3 Å². The summed E-state index contributed by atoms with van der Waals surface area (Å²) in [5.74, 6) is 0.550. The molecule has 3 fully saturated rings. The lowest BCUT2D eigenvalue weighted by molar-refractivity contribution is -0.127. The summed E-state index contributed by atoms with van der Waals surface area (Å²) in [5, 5.41) is 3.17. The molecular weight excluding hydrogens is 338 g/mol. The van der Waals surface area contributed by atoms with Gasteiger partial charge in [-0.25, -0.2) is 0 Å². The van der Waals surface area contributed by atoms with Crippen molar-refractivity contribution in [3.8, 4) is 0 Å². The second-order valence-electron chi connectivity index (χ2n) is 8.51. The van der Waals surface area contributed by atoms with Crippen LogP contribution in [-0.4, -0.2) is 59.9 Å². The van der Waals surface area contributed by atoms with Gasteiger partial charge in [-0.3, -0.25) is 14.5 Å². The number of hydrogen-bond acceptors (Lipinski definition) is 3. The van der Waals surface area contributed by atoms with E-state index in [2.05, 4.69) is 10.2 Å². The Bertz CT molecular complexity index is 675. The SMILES string of the molecule is Cc1ccc(C(=O)N2CCC(N3CCCC(C(=O)NC4CC4)C3)CC2)cc1. The molecule has 1 aliphatic carbocycles. The van der Waals surface area contributed by atoms with Gasteiger partial charge in [-0.15, -0.1) is 0 Å². The number of rotatable bonds is 4. The number of aryl methyl sites for hydroxylation is 1. The average molecular weight is 370 g/mol. The van der Waals surface area contributed by atoms with Gasteiger partial charge in [0.2, 0.25) is 5.91 Å². The zero-order valence-electron chi connectivity index (χ0n) is 16.3. The fraction of sp³-hybridized carbons (Fsp3) is 0.636. The molecule has 0 spiro atoms. The van der Waals surface area contributed by atoms with Gasteiger partial charge in [0.05, 0.1) is 5.92 Å². The maximum absolute atomic E-state index is 12.7. The molecule has 0 bridgehead atoms. The molecule has 5 nitrogen and oxygen atoms in total. The maximum atomic E-state index is 12.7. The van der Waals surface area contributed by atoms with Crippen LogP contribution in [0.25, 0.3) is 0 Å². The highest BCUT2D eigenvalue weighted by atomic mass is 16.2. The van der Waals surface area contributed by atoms with E-state index in [1.807, 2.05) is 36.1 Å². The Kier molecular flexibility index (Phi) is 5.48. The van der Waals surface area contributed by atoms with Gasteiger partial charge in [0, 0.05) is 37.3 Å². The number of nitrogens with zero attached hydrogens (tertiary/aromatic N) is 2. The van der Waals surface area contributed by atoms with Crippen LogP contribution in [0.1, 0.15) is 54.4 Å². The molecule has 4 rings (SSSR count). The molecule has 1 atom stereocenters. The van der Waals surface area contributed by atoms with Crippen molar-refractivity contribution in [3.05, 3.63) is 35.4 Å². The minimum absolute atomic E-state index is 0.145. The molecule has 0 radical (unpaired) electrons. The summed E-state index contributed by atoms with van der Waals surface area (Å²) in [7, 11) is 0. The number of carbonyl (C=O) groups excluding carboxylic acids is 2. The zero-order chi connectivity index (χ0) is 18.8. The lowest BCUT2D eigenvalue weighted by Gasteiger charge is -2.42. The van der Waals surface area contributed by atoms with Crippen molar-refractivity contribution >= 4 is 11.8 Å².